The lowest BCUT2D eigenvalue weighted by molar-refractivity contribution is -0.0342. The number of rotatable bonds is 5. The minimum Gasteiger partial charge on any atom is -0.446 e. The molecule has 1 amide bonds. The highest BCUT2D eigenvalue weighted by atomic mass is 16.7. The molecule has 6 rings (SSSR count). The fourth-order valence-electron chi connectivity index (χ4n) is 7.15. The van der Waals surface area contributed by atoms with Crippen LogP contribution in [0.5, 0.6) is 0 Å². The second-order valence-corrected chi connectivity index (χ2v) is 12.8. The van der Waals surface area contributed by atoms with Crippen molar-refractivity contribution in [2.45, 2.75) is 127 Å². The Kier molecular flexibility index (Phi) is 9.11. The Labute approximate surface area is 238 Å². The number of likely N-dealkylation sites (tertiary alicyclic amines) is 1. The number of nitrogens with one attached hydrogen (secondary N) is 1. The lowest BCUT2D eigenvalue weighted by atomic mass is 9.90. The van der Waals surface area contributed by atoms with Crippen molar-refractivity contribution in [2.75, 3.05) is 26.3 Å². The molecule has 0 bridgehead atoms. The average molecular weight is 557 g/mol. The zero-order valence-corrected chi connectivity index (χ0v) is 24.2. The molecule has 1 aromatic heterocycles. The van der Waals surface area contributed by atoms with E-state index < -0.39 is 0 Å². The fourth-order valence-corrected chi connectivity index (χ4v) is 7.15. The molecule has 2 unspecified atom stereocenters. The predicted octanol–water partition coefficient (Wildman–Crippen LogP) is 5.18. The average Bonchev–Trinajstić information content (AvgIpc) is 3.35. The van der Waals surface area contributed by atoms with Crippen LogP contribution in [0.3, 0.4) is 0 Å². The van der Waals surface area contributed by atoms with Crippen LogP contribution >= 0.6 is 0 Å². The third-order valence-electron chi connectivity index (χ3n) is 9.99. The molecule has 5 aliphatic rings. The van der Waals surface area contributed by atoms with Crippen LogP contribution in [0.1, 0.15) is 113 Å². The zero-order valence-electron chi connectivity index (χ0n) is 24.2. The molecule has 2 atom stereocenters. The Morgan fingerprint density at radius 2 is 1.57 bits per heavy atom. The molecule has 5 fully saturated rings. The summed E-state index contributed by atoms with van der Waals surface area (Å²) in [5, 5.41) is 0. The topological polar surface area (TPSA) is 85.3 Å². The van der Waals surface area contributed by atoms with Crippen LogP contribution in [0.4, 0.5) is 4.79 Å². The molecule has 2 saturated carbocycles. The van der Waals surface area contributed by atoms with Gasteiger partial charge in [-0.2, -0.15) is 5.48 Å². The van der Waals surface area contributed by atoms with Gasteiger partial charge in [-0.3, -0.25) is 14.5 Å². The molecule has 40 heavy (non-hydrogen) atoms. The maximum atomic E-state index is 13.0. The Morgan fingerprint density at radius 1 is 0.900 bits per heavy atom. The zero-order chi connectivity index (χ0) is 27.5. The van der Waals surface area contributed by atoms with E-state index in [1.807, 2.05) is 28.7 Å². The number of aryl methyl sites for hydroxylation is 1. The molecular weight excluding hydrogens is 508 g/mol. The molecule has 222 valence electrons. The molecule has 3 aliphatic heterocycles. The van der Waals surface area contributed by atoms with Crippen LogP contribution in [0.2, 0.25) is 0 Å². The number of ether oxygens (including phenoxy) is 2. The highest BCUT2D eigenvalue weighted by Crippen LogP contribution is 2.39. The van der Waals surface area contributed by atoms with E-state index in [2.05, 4.69) is 10.4 Å². The molecule has 1 aromatic rings. The van der Waals surface area contributed by atoms with E-state index in [1.54, 1.807) is 0 Å². The van der Waals surface area contributed by atoms with Crippen LogP contribution in [0, 0.1) is 12.8 Å². The summed E-state index contributed by atoms with van der Waals surface area (Å²) in [6.45, 7) is 4.53. The van der Waals surface area contributed by atoms with E-state index in [1.165, 1.54) is 57.8 Å². The Bertz CT molecular complexity index is 1050. The number of carbonyl (C=O) groups excluding carboxylic acids is 1. The molecule has 1 N–H and O–H groups in total. The Morgan fingerprint density at radius 3 is 2.17 bits per heavy atom. The summed E-state index contributed by atoms with van der Waals surface area (Å²) in [6, 6.07) is 2.54. The van der Waals surface area contributed by atoms with Gasteiger partial charge in [-0.15, -0.1) is 0 Å². The Hall–Kier alpha value is -1.94. The number of hydrogen-bond donors (Lipinski definition) is 1. The lowest BCUT2D eigenvalue weighted by Gasteiger charge is -2.41. The monoisotopic (exact) mass is 556 g/mol. The molecule has 0 spiro atoms. The van der Waals surface area contributed by atoms with Gasteiger partial charge in [0.25, 0.3) is 5.56 Å². The Balaban J connectivity index is 1.22. The van der Waals surface area contributed by atoms with Gasteiger partial charge in [-0.1, -0.05) is 44.9 Å². The molecule has 9 nitrogen and oxygen atoms in total. The molecular formula is C31H48N4O5. The van der Waals surface area contributed by atoms with Crippen LogP contribution in [0.15, 0.2) is 17.1 Å². The van der Waals surface area contributed by atoms with Crippen LogP contribution in [-0.4, -0.2) is 65.1 Å². The molecule has 0 radical (unpaired) electrons. The first kappa shape index (κ1) is 28.2. The summed E-state index contributed by atoms with van der Waals surface area (Å²) >= 11 is 0. The van der Waals surface area contributed by atoms with Gasteiger partial charge in [0.2, 0.25) is 0 Å². The summed E-state index contributed by atoms with van der Waals surface area (Å²) < 4.78 is 13.0. The predicted molar refractivity (Wildman–Crippen MR) is 152 cm³/mol. The maximum Gasteiger partial charge on any atom is 0.410 e. The highest BCUT2D eigenvalue weighted by Gasteiger charge is 2.45. The van der Waals surface area contributed by atoms with Gasteiger partial charge in [-0.25, -0.2) is 4.79 Å². The highest BCUT2D eigenvalue weighted by molar-refractivity contribution is 5.68. The van der Waals surface area contributed by atoms with Gasteiger partial charge >= 0.3 is 6.09 Å². The number of hydroxylamine groups is 1. The van der Waals surface area contributed by atoms with Crippen molar-refractivity contribution in [3.63, 3.8) is 0 Å². The van der Waals surface area contributed by atoms with Crippen molar-refractivity contribution in [3.05, 3.63) is 33.7 Å². The smallest absolute Gasteiger partial charge is 0.410 e. The first-order chi connectivity index (χ1) is 19.6. The van der Waals surface area contributed by atoms with Crippen molar-refractivity contribution in [2.24, 2.45) is 5.92 Å². The summed E-state index contributed by atoms with van der Waals surface area (Å²) in [5.74, 6) is 0.375. The second-order valence-electron chi connectivity index (χ2n) is 12.8. The summed E-state index contributed by atoms with van der Waals surface area (Å²) in [6.07, 6.45) is 18.3. The first-order valence-electron chi connectivity index (χ1n) is 16.0. The lowest BCUT2D eigenvalue weighted by Crippen LogP contribution is -2.51. The van der Waals surface area contributed by atoms with Gasteiger partial charge in [0.05, 0.1) is 25.4 Å². The number of hydrogen-bond acceptors (Lipinski definition) is 7. The number of amides is 1. The third-order valence-corrected chi connectivity index (χ3v) is 9.99. The van der Waals surface area contributed by atoms with E-state index in [4.69, 9.17) is 14.3 Å². The van der Waals surface area contributed by atoms with Crippen LogP contribution in [0.25, 0.3) is 0 Å². The van der Waals surface area contributed by atoms with Crippen molar-refractivity contribution in [1.82, 2.24) is 19.8 Å². The van der Waals surface area contributed by atoms with E-state index in [0.717, 1.165) is 56.3 Å². The molecule has 0 aromatic carbocycles. The minimum atomic E-state index is -0.244. The first-order valence-corrected chi connectivity index (χ1v) is 16.0. The van der Waals surface area contributed by atoms with Gasteiger partial charge in [0, 0.05) is 36.5 Å². The standard InChI is InChI=1S/C31H48N4O5/c1-22-18-24(19-34(29(22)36)26-20-38-21-26)30-35(25-10-7-5-3-2-4-6-8-11-25)28(32-40-30)23-14-16-33(17-15-23)31(37)39-27-12-9-13-27/h18-19,23,25-28,30,32H,2-17,20-21H2,1H3. The molecule has 4 heterocycles. The van der Waals surface area contributed by atoms with Crippen molar-refractivity contribution in [1.29, 1.82) is 0 Å². The molecule has 3 saturated heterocycles. The van der Waals surface area contributed by atoms with E-state index in [9.17, 15) is 9.59 Å². The van der Waals surface area contributed by atoms with Gasteiger partial charge in [0.15, 0.2) is 6.23 Å². The summed E-state index contributed by atoms with van der Waals surface area (Å²) in [4.78, 5) is 36.6. The van der Waals surface area contributed by atoms with Crippen molar-refractivity contribution in [3.8, 4) is 0 Å². The minimum absolute atomic E-state index is 0.0611. The number of carbonyl (C=O) groups is 1. The number of nitrogens with zero attached hydrogens (tertiary/aromatic N) is 3. The second kappa shape index (κ2) is 12.9. The van der Waals surface area contributed by atoms with Gasteiger partial charge < -0.3 is 18.9 Å². The quantitative estimate of drug-likeness (QED) is 0.535. The van der Waals surface area contributed by atoms with Crippen LogP contribution in [-0.2, 0) is 14.3 Å². The maximum absolute atomic E-state index is 13.0. The SMILES string of the molecule is Cc1cc(C2ONC(C3CCN(C(=O)OC4CCC4)CC3)N2C2CCCCCCCCC2)cn(C2COC2)c1=O. The number of aromatic nitrogens is 1. The summed E-state index contributed by atoms with van der Waals surface area (Å²) in [7, 11) is 0. The van der Waals surface area contributed by atoms with Crippen molar-refractivity contribution >= 4 is 6.09 Å². The largest absolute Gasteiger partial charge is 0.446 e. The van der Waals surface area contributed by atoms with Crippen LogP contribution < -0.4 is 11.0 Å². The summed E-state index contributed by atoms with van der Waals surface area (Å²) in [5.41, 5.74) is 5.32. The molecule has 2 aliphatic carbocycles. The number of pyridine rings is 1. The number of piperidine rings is 1. The van der Waals surface area contributed by atoms with E-state index >= 15 is 0 Å². The van der Waals surface area contributed by atoms with Crippen molar-refractivity contribution < 1.29 is 19.1 Å². The van der Waals surface area contributed by atoms with E-state index in [-0.39, 0.29) is 36.2 Å². The normalized spacial score (nSPS) is 28.7. The molecule has 9 heteroatoms. The van der Waals surface area contributed by atoms with Gasteiger partial charge in [-0.05, 0) is 63.9 Å². The van der Waals surface area contributed by atoms with E-state index in [0.29, 0.717) is 25.2 Å². The van der Waals surface area contributed by atoms with Gasteiger partial charge in [0.1, 0.15) is 6.10 Å². The fraction of sp³-hybridized carbons (Fsp3) is 0.806. The third kappa shape index (κ3) is 6.13.